The molecule has 4 heteroatoms. The fraction of sp³-hybridized carbons (Fsp3) is 0.250. The molecule has 0 atom stereocenters. The molecule has 0 N–H and O–H groups in total. The van der Waals surface area contributed by atoms with Crippen LogP contribution in [0, 0.1) is 0 Å². The van der Waals surface area contributed by atoms with Crippen molar-refractivity contribution in [3.8, 4) is 0 Å². The summed E-state index contributed by atoms with van der Waals surface area (Å²) in [6.07, 6.45) is 2.53. The molecular formula is C4H5N3O. The summed E-state index contributed by atoms with van der Waals surface area (Å²) in [6.45, 7) is 0. The first-order valence-corrected chi connectivity index (χ1v) is 2.14. The average molecular weight is 111 g/mol. The van der Waals surface area contributed by atoms with Gasteiger partial charge in [0, 0.05) is 7.05 Å². The minimum absolute atomic E-state index is 0.303. The zero-order valence-corrected chi connectivity index (χ0v) is 4.40. The van der Waals surface area contributed by atoms with Gasteiger partial charge in [0.1, 0.15) is 12.5 Å². The van der Waals surface area contributed by atoms with Crippen molar-refractivity contribution in [3.63, 3.8) is 0 Å². The first kappa shape index (κ1) is 4.96. The number of aromatic nitrogens is 3. The molecule has 0 spiro atoms. The van der Waals surface area contributed by atoms with Crippen LogP contribution in [0.5, 0.6) is 0 Å². The van der Waals surface area contributed by atoms with Crippen LogP contribution in [0.2, 0.25) is 0 Å². The predicted molar refractivity (Wildman–Crippen MR) is 27.3 cm³/mol. The fourth-order valence-electron chi connectivity index (χ4n) is 0.344. The molecule has 1 rings (SSSR count). The molecular weight excluding hydrogens is 106 g/mol. The first-order valence-electron chi connectivity index (χ1n) is 2.14. The highest BCUT2D eigenvalue weighted by Crippen LogP contribution is 1.60. The second-order valence-corrected chi connectivity index (χ2v) is 1.40. The predicted octanol–water partition coefficient (Wildman–Crippen LogP) is -0.825. The standard InChI is InChI=1S/C4H5N3O/c1-7-3-5-4(8)2-6-7/h2-3H,1H3. The van der Waals surface area contributed by atoms with Crippen molar-refractivity contribution in [3.05, 3.63) is 22.9 Å². The van der Waals surface area contributed by atoms with Gasteiger partial charge in [0.05, 0.1) is 0 Å². The third kappa shape index (κ3) is 0.900. The topological polar surface area (TPSA) is 47.8 Å². The maximum Gasteiger partial charge on any atom is 0.291 e. The van der Waals surface area contributed by atoms with Gasteiger partial charge in [-0.25, -0.2) is 0 Å². The summed E-state index contributed by atoms with van der Waals surface area (Å²) in [4.78, 5) is 13.7. The molecule has 0 aromatic carbocycles. The summed E-state index contributed by atoms with van der Waals surface area (Å²) in [5, 5.41) is 3.62. The Morgan fingerprint density at radius 1 is 1.75 bits per heavy atom. The third-order valence-electron chi connectivity index (χ3n) is 0.702. The van der Waals surface area contributed by atoms with Gasteiger partial charge in [-0.3, -0.25) is 9.48 Å². The van der Waals surface area contributed by atoms with Crippen LogP contribution in [-0.2, 0) is 7.05 Å². The van der Waals surface area contributed by atoms with Crippen LogP contribution >= 0.6 is 0 Å². The molecule has 0 aliphatic heterocycles. The molecule has 0 fully saturated rings. The normalized spacial score (nSPS) is 9.12. The summed E-state index contributed by atoms with van der Waals surface area (Å²) in [7, 11) is 1.70. The molecule has 0 unspecified atom stereocenters. The van der Waals surface area contributed by atoms with Gasteiger partial charge in [0.2, 0.25) is 0 Å². The van der Waals surface area contributed by atoms with Crippen molar-refractivity contribution in [1.82, 2.24) is 14.8 Å². The summed E-state index contributed by atoms with van der Waals surface area (Å²) >= 11 is 0. The van der Waals surface area contributed by atoms with Crippen molar-refractivity contribution < 1.29 is 0 Å². The second-order valence-electron chi connectivity index (χ2n) is 1.40. The van der Waals surface area contributed by atoms with E-state index in [1.54, 1.807) is 7.05 Å². The van der Waals surface area contributed by atoms with E-state index in [-0.39, 0.29) is 5.56 Å². The second kappa shape index (κ2) is 1.73. The van der Waals surface area contributed by atoms with E-state index in [4.69, 9.17) is 0 Å². The van der Waals surface area contributed by atoms with Crippen LogP contribution in [-0.4, -0.2) is 14.8 Å². The van der Waals surface area contributed by atoms with Crippen LogP contribution in [0.4, 0.5) is 0 Å². The average Bonchev–Trinajstić information content (AvgIpc) is 1.77. The molecule has 0 bridgehead atoms. The van der Waals surface area contributed by atoms with Crippen molar-refractivity contribution in [2.75, 3.05) is 0 Å². The Morgan fingerprint density at radius 2 is 2.50 bits per heavy atom. The van der Waals surface area contributed by atoms with Crippen LogP contribution in [0.1, 0.15) is 0 Å². The van der Waals surface area contributed by atoms with E-state index >= 15 is 0 Å². The number of rotatable bonds is 0. The lowest BCUT2D eigenvalue weighted by Crippen LogP contribution is -2.09. The largest absolute Gasteiger partial charge is 0.291 e. The van der Waals surface area contributed by atoms with Crippen molar-refractivity contribution in [2.24, 2.45) is 7.05 Å². The Morgan fingerprint density at radius 3 is 2.88 bits per heavy atom. The van der Waals surface area contributed by atoms with Gasteiger partial charge < -0.3 is 0 Å². The summed E-state index contributed by atoms with van der Waals surface area (Å²) in [5.41, 5.74) is -0.303. The van der Waals surface area contributed by atoms with Gasteiger partial charge in [-0.05, 0) is 0 Å². The van der Waals surface area contributed by atoms with E-state index in [1.165, 1.54) is 17.2 Å². The van der Waals surface area contributed by atoms with E-state index in [0.717, 1.165) is 0 Å². The number of hydrogen-bond donors (Lipinski definition) is 0. The molecule has 0 saturated carbocycles. The Hall–Kier alpha value is -1.19. The maximum absolute atomic E-state index is 10.2. The Kier molecular flexibility index (Phi) is 1.07. The summed E-state index contributed by atoms with van der Waals surface area (Å²) in [5.74, 6) is 0. The van der Waals surface area contributed by atoms with Gasteiger partial charge in [0.25, 0.3) is 5.56 Å². The SMILES string of the molecule is Cn1cnc(=O)cn1. The van der Waals surface area contributed by atoms with Gasteiger partial charge in [-0.1, -0.05) is 0 Å². The molecule has 1 heterocycles. The Bertz CT molecular complexity index is 208. The van der Waals surface area contributed by atoms with Crippen LogP contribution in [0.25, 0.3) is 0 Å². The zero-order valence-electron chi connectivity index (χ0n) is 4.40. The molecule has 42 valence electrons. The number of nitrogens with zero attached hydrogens (tertiary/aromatic N) is 3. The highest BCUT2D eigenvalue weighted by atomic mass is 16.1. The third-order valence-corrected chi connectivity index (χ3v) is 0.702. The monoisotopic (exact) mass is 111 g/mol. The van der Waals surface area contributed by atoms with E-state index in [9.17, 15) is 4.79 Å². The molecule has 0 radical (unpaired) electrons. The van der Waals surface area contributed by atoms with E-state index in [0.29, 0.717) is 0 Å². The van der Waals surface area contributed by atoms with E-state index < -0.39 is 0 Å². The van der Waals surface area contributed by atoms with E-state index in [2.05, 4.69) is 10.1 Å². The molecule has 0 aliphatic rings. The quantitative estimate of drug-likeness (QED) is 0.439. The van der Waals surface area contributed by atoms with Crippen molar-refractivity contribution in [1.29, 1.82) is 0 Å². The molecule has 0 saturated heterocycles. The lowest BCUT2D eigenvalue weighted by Gasteiger charge is -1.87. The highest BCUT2D eigenvalue weighted by molar-refractivity contribution is 4.65. The van der Waals surface area contributed by atoms with Crippen LogP contribution in [0.15, 0.2) is 17.3 Å². The lowest BCUT2D eigenvalue weighted by molar-refractivity contribution is 0.703. The minimum atomic E-state index is -0.303. The minimum Gasteiger partial charge on any atom is -0.266 e. The number of aryl methyl sites for hydroxylation is 1. The number of hydrogen-bond acceptors (Lipinski definition) is 3. The molecule has 1 aromatic heterocycles. The van der Waals surface area contributed by atoms with Gasteiger partial charge in [-0.2, -0.15) is 10.1 Å². The lowest BCUT2D eigenvalue weighted by atomic mass is 10.9. The molecule has 8 heavy (non-hydrogen) atoms. The van der Waals surface area contributed by atoms with Gasteiger partial charge in [-0.15, -0.1) is 0 Å². The van der Waals surface area contributed by atoms with E-state index in [1.807, 2.05) is 0 Å². The molecule has 0 aliphatic carbocycles. The smallest absolute Gasteiger partial charge is 0.266 e. The maximum atomic E-state index is 10.2. The highest BCUT2D eigenvalue weighted by Gasteiger charge is 1.79. The fourth-order valence-corrected chi connectivity index (χ4v) is 0.344. The zero-order chi connectivity index (χ0) is 5.98. The van der Waals surface area contributed by atoms with Gasteiger partial charge in [0.15, 0.2) is 0 Å². The van der Waals surface area contributed by atoms with Crippen LogP contribution in [0.3, 0.4) is 0 Å². The van der Waals surface area contributed by atoms with Gasteiger partial charge >= 0.3 is 0 Å². The molecule has 4 nitrogen and oxygen atoms in total. The Labute approximate surface area is 45.8 Å². The summed E-state index contributed by atoms with van der Waals surface area (Å²) in [6, 6.07) is 0. The van der Waals surface area contributed by atoms with Crippen LogP contribution < -0.4 is 5.56 Å². The molecule has 1 aromatic rings. The molecule has 0 amide bonds. The summed E-state index contributed by atoms with van der Waals surface area (Å²) < 4.78 is 1.46. The Balaban J connectivity index is 3.22. The first-order chi connectivity index (χ1) is 3.79. The van der Waals surface area contributed by atoms with Crippen molar-refractivity contribution in [2.45, 2.75) is 0 Å². The van der Waals surface area contributed by atoms with Crippen molar-refractivity contribution >= 4 is 0 Å².